The lowest BCUT2D eigenvalue weighted by Crippen LogP contribution is -2.22. The van der Waals surface area contributed by atoms with Gasteiger partial charge in [-0.05, 0) is 31.7 Å². The molecule has 20 heavy (non-hydrogen) atoms. The summed E-state index contributed by atoms with van der Waals surface area (Å²) >= 11 is 0. The molecular formula is C15H18N2O3. The van der Waals surface area contributed by atoms with Gasteiger partial charge >= 0.3 is 5.97 Å². The monoisotopic (exact) mass is 274 g/mol. The molecule has 0 radical (unpaired) electrons. The molecule has 0 saturated heterocycles. The summed E-state index contributed by atoms with van der Waals surface area (Å²) in [6.07, 6.45) is 5.10. The van der Waals surface area contributed by atoms with Gasteiger partial charge in [0, 0.05) is 30.5 Å². The third-order valence-electron chi connectivity index (χ3n) is 3.37. The van der Waals surface area contributed by atoms with Gasteiger partial charge in [-0.2, -0.15) is 0 Å². The van der Waals surface area contributed by atoms with Crippen LogP contribution in [0.25, 0.3) is 0 Å². The van der Waals surface area contributed by atoms with Gasteiger partial charge in [0.25, 0.3) is 0 Å². The smallest absolute Gasteiger partial charge is 0.374 e. The lowest BCUT2D eigenvalue weighted by molar-refractivity contribution is 0.0561. The third-order valence-corrected chi connectivity index (χ3v) is 3.37. The van der Waals surface area contributed by atoms with Gasteiger partial charge in [0.15, 0.2) is 0 Å². The Kier molecular flexibility index (Phi) is 4.53. The number of furan rings is 1. The van der Waals surface area contributed by atoms with E-state index in [2.05, 4.69) is 16.8 Å². The van der Waals surface area contributed by atoms with E-state index in [4.69, 9.17) is 9.15 Å². The number of aromatic nitrogens is 1. The van der Waals surface area contributed by atoms with E-state index in [1.165, 1.54) is 13.4 Å². The first-order valence-electron chi connectivity index (χ1n) is 6.38. The summed E-state index contributed by atoms with van der Waals surface area (Å²) in [6.45, 7) is 2.69. The van der Waals surface area contributed by atoms with E-state index >= 15 is 0 Å². The third kappa shape index (κ3) is 3.05. The van der Waals surface area contributed by atoms with Crippen molar-refractivity contribution in [3.8, 4) is 0 Å². The first-order valence-corrected chi connectivity index (χ1v) is 6.38. The quantitative estimate of drug-likeness (QED) is 0.784. The second kappa shape index (κ2) is 6.34. The molecule has 0 amide bonds. The molecule has 0 bridgehead atoms. The van der Waals surface area contributed by atoms with Crippen LogP contribution in [0.5, 0.6) is 0 Å². The van der Waals surface area contributed by atoms with E-state index in [9.17, 15) is 4.79 Å². The Morgan fingerprint density at radius 3 is 2.95 bits per heavy atom. The van der Waals surface area contributed by atoms with Gasteiger partial charge < -0.3 is 9.15 Å². The molecule has 0 saturated carbocycles. The minimum atomic E-state index is -0.451. The number of methoxy groups -OCH3 is 1. The SMILES string of the molecule is COC(=O)c1occc1CN(C)[C@H](C)c1cccnc1. The van der Waals surface area contributed by atoms with Gasteiger partial charge in [-0.25, -0.2) is 4.79 Å². The highest BCUT2D eigenvalue weighted by atomic mass is 16.5. The Morgan fingerprint density at radius 2 is 2.30 bits per heavy atom. The van der Waals surface area contributed by atoms with Crippen LogP contribution < -0.4 is 0 Å². The molecule has 0 aliphatic heterocycles. The highest BCUT2D eigenvalue weighted by Crippen LogP contribution is 2.21. The largest absolute Gasteiger partial charge is 0.463 e. The molecular weight excluding hydrogens is 256 g/mol. The van der Waals surface area contributed by atoms with Crippen molar-refractivity contribution in [2.75, 3.05) is 14.2 Å². The molecule has 2 rings (SSSR count). The maximum absolute atomic E-state index is 11.6. The predicted molar refractivity (Wildman–Crippen MR) is 74.2 cm³/mol. The number of esters is 1. The average Bonchev–Trinajstić information content (AvgIpc) is 2.94. The van der Waals surface area contributed by atoms with Gasteiger partial charge in [0.05, 0.1) is 13.4 Å². The van der Waals surface area contributed by atoms with Crippen LogP contribution in [0.2, 0.25) is 0 Å². The van der Waals surface area contributed by atoms with E-state index in [0.29, 0.717) is 6.54 Å². The number of hydrogen-bond donors (Lipinski definition) is 0. The van der Waals surface area contributed by atoms with Crippen LogP contribution in [0, 0.1) is 0 Å². The first-order chi connectivity index (χ1) is 9.63. The van der Waals surface area contributed by atoms with E-state index in [1.807, 2.05) is 25.4 Å². The van der Waals surface area contributed by atoms with Crippen molar-refractivity contribution in [1.29, 1.82) is 0 Å². The Balaban J connectivity index is 2.10. The van der Waals surface area contributed by atoms with E-state index in [-0.39, 0.29) is 11.8 Å². The van der Waals surface area contributed by atoms with Crippen LogP contribution in [0.3, 0.4) is 0 Å². The molecule has 1 atom stereocenters. The molecule has 106 valence electrons. The Labute approximate surface area is 118 Å². The van der Waals surface area contributed by atoms with Gasteiger partial charge in [-0.3, -0.25) is 9.88 Å². The van der Waals surface area contributed by atoms with Crippen LogP contribution in [0.15, 0.2) is 41.3 Å². The molecule has 0 aromatic carbocycles. The number of hydrogen-bond acceptors (Lipinski definition) is 5. The molecule has 2 heterocycles. The highest BCUT2D eigenvalue weighted by Gasteiger charge is 2.19. The molecule has 5 heteroatoms. The topological polar surface area (TPSA) is 55.6 Å². The number of carbonyl (C=O) groups is 1. The lowest BCUT2D eigenvalue weighted by Gasteiger charge is -2.24. The Hall–Kier alpha value is -2.14. The molecule has 2 aromatic heterocycles. The van der Waals surface area contributed by atoms with Crippen molar-refractivity contribution in [3.05, 3.63) is 53.7 Å². The van der Waals surface area contributed by atoms with Crippen LogP contribution in [0.1, 0.15) is 34.6 Å². The number of carbonyl (C=O) groups excluding carboxylic acids is 1. The second-order valence-corrected chi connectivity index (χ2v) is 4.64. The predicted octanol–water partition coefficient (Wildman–Crippen LogP) is 2.65. The zero-order valence-corrected chi connectivity index (χ0v) is 11.9. The van der Waals surface area contributed by atoms with Crippen molar-refractivity contribution in [2.45, 2.75) is 19.5 Å². The summed E-state index contributed by atoms with van der Waals surface area (Å²) in [5.41, 5.74) is 1.94. The minimum Gasteiger partial charge on any atom is -0.463 e. The van der Waals surface area contributed by atoms with Crippen molar-refractivity contribution < 1.29 is 13.9 Å². The van der Waals surface area contributed by atoms with Crippen molar-refractivity contribution in [1.82, 2.24) is 9.88 Å². The summed E-state index contributed by atoms with van der Waals surface area (Å²) in [5, 5.41) is 0. The van der Waals surface area contributed by atoms with E-state index < -0.39 is 5.97 Å². The molecule has 0 unspecified atom stereocenters. The number of ether oxygens (including phenoxy) is 1. The van der Waals surface area contributed by atoms with Crippen molar-refractivity contribution >= 4 is 5.97 Å². The number of nitrogens with zero attached hydrogens (tertiary/aromatic N) is 2. The van der Waals surface area contributed by atoms with E-state index in [0.717, 1.165) is 11.1 Å². The van der Waals surface area contributed by atoms with Gasteiger partial charge in [0.2, 0.25) is 5.76 Å². The maximum Gasteiger partial charge on any atom is 0.374 e. The fourth-order valence-corrected chi connectivity index (χ4v) is 2.02. The molecule has 0 spiro atoms. The zero-order valence-electron chi connectivity index (χ0n) is 11.9. The van der Waals surface area contributed by atoms with Crippen LogP contribution in [-0.4, -0.2) is 30.0 Å². The molecule has 0 aliphatic carbocycles. The fourth-order valence-electron chi connectivity index (χ4n) is 2.02. The maximum atomic E-state index is 11.6. The Bertz CT molecular complexity index is 566. The summed E-state index contributed by atoms with van der Waals surface area (Å²) in [4.78, 5) is 17.8. The fraction of sp³-hybridized carbons (Fsp3) is 0.333. The average molecular weight is 274 g/mol. The standard InChI is InChI=1S/C15H18N2O3/c1-11(12-5-4-7-16-9-12)17(2)10-13-6-8-20-14(13)15(18)19-3/h4-9,11H,10H2,1-3H3/t11-/m1/s1. The summed E-state index contributed by atoms with van der Waals surface area (Å²) < 4.78 is 9.89. The Morgan fingerprint density at radius 1 is 1.50 bits per heavy atom. The molecule has 0 N–H and O–H groups in total. The van der Waals surface area contributed by atoms with Crippen LogP contribution in [0.4, 0.5) is 0 Å². The van der Waals surface area contributed by atoms with Gasteiger partial charge in [-0.15, -0.1) is 0 Å². The minimum absolute atomic E-state index is 0.184. The molecule has 2 aromatic rings. The molecule has 5 nitrogen and oxygen atoms in total. The van der Waals surface area contributed by atoms with Crippen LogP contribution >= 0.6 is 0 Å². The van der Waals surface area contributed by atoms with Crippen molar-refractivity contribution in [3.63, 3.8) is 0 Å². The lowest BCUT2D eigenvalue weighted by atomic mass is 10.1. The highest BCUT2D eigenvalue weighted by molar-refractivity contribution is 5.87. The van der Waals surface area contributed by atoms with Crippen molar-refractivity contribution in [2.24, 2.45) is 0 Å². The number of rotatable bonds is 5. The van der Waals surface area contributed by atoms with Gasteiger partial charge in [0.1, 0.15) is 0 Å². The van der Waals surface area contributed by atoms with E-state index in [1.54, 1.807) is 12.3 Å². The normalized spacial score (nSPS) is 12.4. The zero-order chi connectivity index (χ0) is 14.5. The number of pyridine rings is 1. The second-order valence-electron chi connectivity index (χ2n) is 4.64. The summed E-state index contributed by atoms with van der Waals surface area (Å²) in [6, 6.07) is 5.92. The van der Waals surface area contributed by atoms with Gasteiger partial charge in [-0.1, -0.05) is 6.07 Å². The first kappa shape index (κ1) is 14.3. The summed E-state index contributed by atoms with van der Waals surface area (Å²) in [5.74, 6) is -0.190. The summed E-state index contributed by atoms with van der Waals surface area (Å²) in [7, 11) is 3.34. The van der Waals surface area contributed by atoms with Crippen LogP contribution in [-0.2, 0) is 11.3 Å². The molecule has 0 aliphatic rings. The molecule has 0 fully saturated rings.